The third-order valence-electron chi connectivity index (χ3n) is 3.46. The van der Waals surface area contributed by atoms with Gasteiger partial charge in [0.25, 0.3) is 5.91 Å². The number of carbonyl (C=O) groups is 1. The lowest BCUT2D eigenvalue weighted by Crippen LogP contribution is -2.44. The first-order chi connectivity index (χ1) is 10.7. The maximum Gasteiger partial charge on any atom is 0.265 e. The lowest BCUT2D eigenvalue weighted by atomic mass is 10.0. The van der Waals surface area contributed by atoms with Crippen molar-refractivity contribution >= 4 is 12.1 Å². The van der Waals surface area contributed by atoms with Gasteiger partial charge in [0.2, 0.25) is 0 Å². The van der Waals surface area contributed by atoms with Gasteiger partial charge in [0.05, 0.1) is 19.3 Å². The zero-order valence-corrected chi connectivity index (χ0v) is 12.5. The van der Waals surface area contributed by atoms with Crippen molar-refractivity contribution in [2.45, 2.75) is 6.04 Å². The summed E-state index contributed by atoms with van der Waals surface area (Å²) in [6.07, 6.45) is 1.07. The van der Waals surface area contributed by atoms with E-state index in [1.165, 1.54) is 19.2 Å². The quantitative estimate of drug-likeness (QED) is 0.628. The topological polar surface area (TPSA) is 63.2 Å². The average molecular weight is 309 g/mol. The van der Waals surface area contributed by atoms with Crippen molar-refractivity contribution < 1.29 is 18.8 Å². The smallest absolute Gasteiger partial charge is 0.265 e. The van der Waals surface area contributed by atoms with E-state index in [4.69, 9.17) is 4.74 Å². The Kier molecular flexibility index (Phi) is 6.29. The fourth-order valence-electron chi connectivity index (χ4n) is 2.40. The predicted molar refractivity (Wildman–Crippen MR) is 80.0 cm³/mol. The fourth-order valence-corrected chi connectivity index (χ4v) is 2.40. The number of hydrogen-bond donors (Lipinski definition) is 1. The standard InChI is InChI=1S/C15H20FN3O3/c1-21-18-11-15(20)17-10-14(19-5-7-22-8-6-19)12-3-2-4-13(16)9-12/h2-4,9,11,14H,5-8,10H2,1H3,(H,17,20). The average Bonchev–Trinajstić information content (AvgIpc) is 2.54. The summed E-state index contributed by atoms with van der Waals surface area (Å²) in [5.41, 5.74) is 0.825. The molecule has 7 heteroatoms. The minimum Gasteiger partial charge on any atom is -0.399 e. The van der Waals surface area contributed by atoms with Crippen LogP contribution in [0.5, 0.6) is 0 Å². The van der Waals surface area contributed by atoms with Gasteiger partial charge in [-0.2, -0.15) is 0 Å². The Hall–Kier alpha value is -1.99. The molecule has 22 heavy (non-hydrogen) atoms. The number of halogens is 1. The van der Waals surface area contributed by atoms with E-state index in [0.29, 0.717) is 19.8 Å². The van der Waals surface area contributed by atoms with Crippen molar-refractivity contribution in [1.82, 2.24) is 10.2 Å². The van der Waals surface area contributed by atoms with Crippen molar-refractivity contribution in [3.63, 3.8) is 0 Å². The number of amides is 1. The van der Waals surface area contributed by atoms with Gasteiger partial charge in [-0.3, -0.25) is 9.69 Å². The number of nitrogens with zero attached hydrogens (tertiary/aromatic N) is 2. The lowest BCUT2D eigenvalue weighted by molar-refractivity contribution is -0.114. The number of rotatable bonds is 6. The molecule has 1 aliphatic rings. The lowest BCUT2D eigenvalue weighted by Gasteiger charge is -2.34. The summed E-state index contributed by atoms with van der Waals surface area (Å²) in [7, 11) is 1.37. The van der Waals surface area contributed by atoms with E-state index in [1.54, 1.807) is 6.07 Å². The number of oxime groups is 1. The maximum atomic E-state index is 13.5. The Morgan fingerprint density at radius 2 is 2.32 bits per heavy atom. The summed E-state index contributed by atoms with van der Waals surface area (Å²) in [6, 6.07) is 6.32. The molecule has 1 aliphatic heterocycles. The molecule has 6 nitrogen and oxygen atoms in total. The van der Waals surface area contributed by atoms with Crippen LogP contribution in [0, 0.1) is 5.82 Å². The van der Waals surface area contributed by atoms with Crippen LogP contribution in [0.15, 0.2) is 29.4 Å². The van der Waals surface area contributed by atoms with Crippen LogP contribution in [0.1, 0.15) is 11.6 Å². The molecule has 1 aromatic rings. The molecule has 0 radical (unpaired) electrons. The minimum absolute atomic E-state index is 0.112. The summed E-state index contributed by atoms with van der Waals surface area (Å²) < 4.78 is 18.8. The van der Waals surface area contributed by atoms with Gasteiger partial charge in [-0.05, 0) is 17.7 Å². The Morgan fingerprint density at radius 1 is 1.55 bits per heavy atom. The Bertz CT molecular complexity index is 519. The molecule has 1 aromatic carbocycles. The van der Waals surface area contributed by atoms with Crippen LogP contribution in [0.2, 0.25) is 0 Å². The Balaban J connectivity index is 2.07. The summed E-state index contributed by atoms with van der Waals surface area (Å²) >= 11 is 0. The van der Waals surface area contributed by atoms with Crippen molar-refractivity contribution in [3.8, 4) is 0 Å². The van der Waals surface area contributed by atoms with E-state index in [-0.39, 0.29) is 17.8 Å². The zero-order chi connectivity index (χ0) is 15.8. The van der Waals surface area contributed by atoms with Gasteiger partial charge in [0.15, 0.2) is 0 Å². The monoisotopic (exact) mass is 309 g/mol. The normalized spacial score (nSPS) is 17.4. The van der Waals surface area contributed by atoms with Gasteiger partial charge in [0.1, 0.15) is 19.1 Å². The summed E-state index contributed by atoms with van der Waals surface area (Å²) in [4.78, 5) is 18.3. The third-order valence-corrected chi connectivity index (χ3v) is 3.46. The fraction of sp³-hybridized carbons (Fsp3) is 0.467. The molecule has 0 bridgehead atoms. The molecule has 1 heterocycles. The minimum atomic E-state index is -0.350. The molecule has 120 valence electrons. The number of nitrogens with one attached hydrogen (secondary N) is 1. The number of morpholine rings is 1. The molecule has 1 amide bonds. The molecule has 0 aliphatic carbocycles. The van der Waals surface area contributed by atoms with Crippen LogP contribution in [-0.2, 0) is 14.4 Å². The molecule has 1 N–H and O–H groups in total. The van der Waals surface area contributed by atoms with Gasteiger partial charge in [-0.1, -0.05) is 17.3 Å². The molecular formula is C15H20FN3O3. The summed E-state index contributed by atoms with van der Waals surface area (Å²) in [6.45, 7) is 3.10. The molecule has 0 aromatic heterocycles. The molecular weight excluding hydrogens is 289 g/mol. The first-order valence-corrected chi connectivity index (χ1v) is 7.12. The summed E-state index contributed by atoms with van der Waals surface area (Å²) in [5.74, 6) is -0.639. The highest BCUT2D eigenvalue weighted by molar-refractivity contribution is 6.26. The Morgan fingerprint density at radius 3 is 3.00 bits per heavy atom. The number of ether oxygens (including phenoxy) is 1. The summed E-state index contributed by atoms with van der Waals surface area (Å²) in [5, 5.41) is 6.18. The zero-order valence-electron chi connectivity index (χ0n) is 12.5. The highest BCUT2D eigenvalue weighted by atomic mass is 19.1. The molecule has 0 saturated carbocycles. The highest BCUT2D eigenvalue weighted by Crippen LogP contribution is 2.21. The SMILES string of the molecule is CON=CC(=O)NCC(c1cccc(F)c1)N1CCOCC1. The largest absolute Gasteiger partial charge is 0.399 e. The molecule has 0 spiro atoms. The van der Waals surface area contributed by atoms with Gasteiger partial charge in [-0.25, -0.2) is 4.39 Å². The van der Waals surface area contributed by atoms with Crippen LogP contribution in [0.4, 0.5) is 4.39 Å². The number of benzene rings is 1. The van der Waals surface area contributed by atoms with Crippen LogP contribution >= 0.6 is 0 Å². The molecule has 1 atom stereocenters. The second-order valence-corrected chi connectivity index (χ2v) is 4.88. The highest BCUT2D eigenvalue weighted by Gasteiger charge is 2.23. The van der Waals surface area contributed by atoms with Crippen LogP contribution in [-0.4, -0.2) is 57.0 Å². The second kappa shape index (κ2) is 8.45. The van der Waals surface area contributed by atoms with E-state index in [2.05, 4.69) is 20.2 Å². The number of carbonyl (C=O) groups excluding carboxylic acids is 1. The van der Waals surface area contributed by atoms with Crippen LogP contribution in [0.3, 0.4) is 0 Å². The molecule has 1 saturated heterocycles. The van der Waals surface area contributed by atoms with Gasteiger partial charge >= 0.3 is 0 Å². The van der Waals surface area contributed by atoms with Crippen molar-refractivity contribution in [2.75, 3.05) is 40.0 Å². The maximum absolute atomic E-state index is 13.5. The first kappa shape index (κ1) is 16.4. The van der Waals surface area contributed by atoms with Crippen molar-refractivity contribution in [3.05, 3.63) is 35.6 Å². The van der Waals surface area contributed by atoms with E-state index in [9.17, 15) is 9.18 Å². The van der Waals surface area contributed by atoms with E-state index < -0.39 is 0 Å². The predicted octanol–water partition coefficient (Wildman–Crippen LogP) is 0.947. The second-order valence-electron chi connectivity index (χ2n) is 4.88. The van der Waals surface area contributed by atoms with Gasteiger partial charge in [0, 0.05) is 19.6 Å². The van der Waals surface area contributed by atoms with Crippen molar-refractivity contribution in [2.24, 2.45) is 5.16 Å². The van der Waals surface area contributed by atoms with Crippen LogP contribution < -0.4 is 5.32 Å². The van der Waals surface area contributed by atoms with E-state index in [1.807, 2.05) is 6.07 Å². The van der Waals surface area contributed by atoms with E-state index >= 15 is 0 Å². The molecule has 2 rings (SSSR count). The Labute approximate surface area is 128 Å². The van der Waals surface area contributed by atoms with Gasteiger partial charge in [-0.15, -0.1) is 0 Å². The van der Waals surface area contributed by atoms with E-state index in [0.717, 1.165) is 24.9 Å². The molecule has 1 fully saturated rings. The third kappa shape index (κ3) is 4.78. The van der Waals surface area contributed by atoms with Crippen molar-refractivity contribution in [1.29, 1.82) is 0 Å². The first-order valence-electron chi connectivity index (χ1n) is 7.12. The van der Waals surface area contributed by atoms with Gasteiger partial charge < -0.3 is 14.9 Å². The molecule has 1 unspecified atom stereocenters. The van der Waals surface area contributed by atoms with Crippen LogP contribution in [0.25, 0.3) is 0 Å². The number of hydrogen-bond acceptors (Lipinski definition) is 5.